The molecule has 1 unspecified atom stereocenters. The van der Waals surface area contributed by atoms with E-state index in [1.54, 1.807) is 7.11 Å². The highest BCUT2D eigenvalue weighted by Gasteiger charge is 2.12. The largest absolute Gasteiger partial charge is 0.385 e. The van der Waals surface area contributed by atoms with Crippen LogP contribution >= 0.6 is 0 Å². The van der Waals surface area contributed by atoms with E-state index in [0.717, 1.165) is 45.1 Å². The van der Waals surface area contributed by atoms with Crippen LogP contribution < -0.4 is 5.32 Å². The first kappa shape index (κ1) is 16.9. The lowest BCUT2D eigenvalue weighted by atomic mass is 10.0. The van der Waals surface area contributed by atoms with E-state index in [-0.39, 0.29) is 5.54 Å². The van der Waals surface area contributed by atoms with Crippen LogP contribution in [-0.2, 0) is 9.47 Å². The van der Waals surface area contributed by atoms with Gasteiger partial charge < -0.3 is 14.8 Å². The average molecular weight is 245 g/mol. The molecule has 0 fully saturated rings. The van der Waals surface area contributed by atoms with Crippen LogP contribution in [0.3, 0.4) is 0 Å². The molecule has 0 spiro atoms. The van der Waals surface area contributed by atoms with Crippen LogP contribution in [0.5, 0.6) is 0 Å². The molecule has 0 amide bonds. The molecule has 17 heavy (non-hydrogen) atoms. The van der Waals surface area contributed by atoms with Gasteiger partial charge in [-0.25, -0.2) is 0 Å². The fourth-order valence-electron chi connectivity index (χ4n) is 1.56. The topological polar surface area (TPSA) is 30.5 Å². The van der Waals surface area contributed by atoms with Gasteiger partial charge in [-0.05, 0) is 46.1 Å². The Labute approximate surface area is 107 Å². The Bertz CT molecular complexity index is 166. The van der Waals surface area contributed by atoms with E-state index < -0.39 is 0 Å². The Morgan fingerprint density at radius 1 is 1.12 bits per heavy atom. The van der Waals surface area contributed by atoms with Crippen LogP contribution in [0.4, 0.5) is 0 Å². The third kappa shape index (κ3) is 12.1. The second-order valence-electron chi connectivity index (χ2n) is 5.65. The van der Waals surface area contributed by atoms with Crippen molar-refractivity contribution >= 4 is 0 Å². The van der Waals surface area contributed by atoms with E-state index >= 15 is 0 Å². The van der Waals surface area contributed by atoms with E-state index in [1.165, 1.54) is 6.42 Å². The summed E-state index contributed by atoms with van der Waals surface area (Å²) in [6, 6.07) is 0. The Kier molecular flexibility index (Phi) is 9.79. The molecule has 0 aromatic rings. The second-order valence-corrected chi connectivity index (χ2v) is 5.65. The molecule has 0 aromatic carbocycles. The van der Waals surface area contributed by atoms with E-state index in [2.05, 4.69) is 33.0 Å². The van der Waals surface area contributed by atoms with Crippen LogP contribution in [-0.4, -0.2) is 39.0 Å². The van der Waals surface area contributed by atoms with Gasteiger partial charge in [0.15, 0.2) is 0 Å². The van der Waals surface area contributed by atoms with Crippen molar-refractivity contribution in [3.8, 4) is 0 Å². The van der Waals surface area contributed by atoms with E-state index in [9.17, 15) is 0 Å². The smallest absolute Gasteiger partial charge is 0.0487 e. The predicted octanol–water partition coefficient (Wildman–Crippen LogP) is 2.84. The number of ether oxygens (including phenoxy) is 2. The van der Waals surface area contributed by atoms with Gasteiger partial charge in [-0.3, -0.25) is 0 Å². The summed E-state index contributed by atoms with van der Waals surface area (Å²) in [6.07, 6.45) is 3.35. The first-order valence-electron chi connectivity index (χ1n) is 6.81. The van der Waals surface area contributed by atoms with Crippen LogP contribution in [0.1, 0.15) is 47.0 Å². The first-order chi connectivity index (χ1) is 7.99. The lowest BCUT2D eigenvalue weighted by molar-refractivity contribution is 0.0926. The Morgan fingerprint density at radius 3 is 2.35 bits per heavy atom. The summed E-state index contributed by atoms with van der Waals surface area (Å²) in [5, 5.41) is 3.56. The maximum absolute atomic E-state index is 5.59. The van der Waals surface area contributed by atoms with Crippen LogP contribution in [0.15, 0.2) is 0 Å². The number of hydrogen-bond acceptors (Lipinski definition) is 3. The lowest BCUT2D eigenvalue weighted by Crippen LogP contribution is -2.39. The Morgan fingerprint density at radius 2 is 1.82 bits per heavy atom. The van der Waals surface area contributed by atoms with Crippen molar-refractivity contribution in [1.29, 1.82) is 0 Å². The molecule has 0 bridgehead atoms. The number of methoxy groups -OCH3 is 1. The minimum Gasteiger partial charge on any atom is -0.385 e. The molecule has 0 aromatic heterocycles. The first-order valence-corrected chi connectivity index (χ1v) is 6.81. The van der Waals surface area contributed by atoms with E-state index in [1.807, 2.05) is 0 Å². The average Bonchev–Trinajstić information content (AvgIpc) is 2.26. The molecule has 0 aliphatic rings. The molecule has 0 radical (unpaired) electrons. The normalized spacial score (nSPS) is 13.9. The van der Waals surface area contributed by atoms with Crippen molar-refractivity contribution in [3.63, 3.8) is 0 Å². The van der Waals surface area contributed by atoms with Gasteiger partial charge in [0, 0.05) is 32.5 Å². The number of hydrogen-bond donors (Lipinski definition) is 1. The van der Waals surface area contributed by atoms with Crippen LogP contribution in [0.25, 0.3) is 0 Å². The zero-order chi connectivity index (χ0) is 13.1. The lowest BCUT2D eigenvalue weighted by Gasteiger charge is -2.24. The summed E-state index contributed by atoms with van der Waals surface area (Å²) >= 11 is 0. The number of rotatable bonds is 10. The van der Waals surface area contributed by atoms with Gasteiger partial charge in [0.05, 0.1) is 0 Å². The third-order valence-electron chi connectivity index (χ3n) is 2.81. The Balaban J connectivity index is 3.48. The molecule has 1 atom stereocenters. The van der Waals surface area contributed by atoms with Crippen molar-refractivity contribution in [3.05, 3.63) is 0 Å². The van der Waals surface area contributed by atoms with Gasteiger partial charge in [-0.2, -0.15) is 0 Å². The molecule has 1 N–H and O–H groups in total. The van der Waals surface area contributed by atoms with Crippen LogP contribution in [0.2, 0.25) is 0 Å². The molecule has 0 aliphatic heterocycles. The van der Waals surface area contributed by atoms with Gasteiger partial charge in [-0.1, -0.05) is 13.3 Å². The van der Waals surface area contributed by atoms with Gasteiger partial charge in [0.1, 0.15) is 0 Å². The second kappa shape index (κ2) is 9.86. The van der Waals surface area contributed by atoms with Crippen molar-refractivity contribution < 1.29 is 9.47 Å². The summed E-state index contributed by atoms with van der Waals surface area (Å²) in [4.78, 5) is 0. The Hall–Kier alpha value is -0.120. The molecule has 0 saturated heterocycles. The summed E-state index contributed by atoms with van der Waals surface area (Å²) in [7, 11) is 1.73. The molecule has 0 aliphatic carbocycles. The molecule has 0 saturated carbocycles. The van der Waals surface area contributed by atoms with Crippen LogP contribution in [0, 0.1) is 5.92 Å². The zero-order valence-corrected chi connectivity index (χ0v) is 12.3. The highest BCUT2D eigenvalue weighted by molar-refractivity contribution is 4.72. The van der Waals surface area contributed by atoms with Crippen molar-refractivity contribution in [2.45, 2.75) is 52.5 Å². The summed E-state index contributed by atoms with van der Waals surface area (Å²) in [5.41, 5.74) is 0.215. The molecular weight excluding hydrogens is 214 g/mol. The highest BCUT2D eigenvalue weighted by atomic mass is 16.5. The molecule has 104 valence electrons. The van der Waals surface area contributed by atoms with Crippen molar-refractivity contribution in [2.75, 3.05) is 33.5 Å². The molecule has 3 nitrogen and oxygen atoms in total. The summed E-state index contributed by atoms with van der Waals surface area (Å²) < 4.78 is 10.6. The van der Waals surface area contributed by atoms with Gasteiger partial charge in [0.25, 0.3) is 0 Å². The fourth-order valence-corrected chi connectivity index (χ4v) is 1.56. The molecular formula is C14H31NO2. The standard InChI is InChI=1S/C14H31NO2/c1-6-13(12-15-14(2,3)4)8-11-17-10-7-9-16-5/h13,15H,6-12H2,1-5H3. The monoisotopic (exact) mass is 245 g/mol. The fraction of sp³-hybridized carbons (Fsp3) is 1.00. The van der Waals surface area contributed by atoms with Gasteiger partial charge in [-0.15, -0.1) is 0 Å². The van der Waals surface area contributed by atoms with Crippen molar-refractivity contribution in [1.82, 2.24) is 5.32 Å². The summed E-state index contributed by atoms with van der Waals surface area (Å²) in [5.74, 6) is 0.719. The molecule has 3 heteroatoms. The summed E-state index contributed by atoms with van der Waals surface area (Å²) in [6.45, 7) is 12.4. The van der Waals surface area contributed by atoms with E-state index in [4.69, 9.17) is 9.47 Å². The molecule has 0 heterocycles. The van der Waals surface area contributed by atoms with Crippen molar-refractivity contribution in [2.24, 2.45) is 5.92 Å². The maximum atomic E-state index is 5.59. The zero-order valence-electron chi connectivity index (χ0n) is 12.3. The quantitative estimate of drug-likeness (QED) is 0.600. The minimum absolute atomic E-state index is 0.215. The third-order valence-corrected chi connectivity index (χ3v) is 2.81. The maximum Gasteiger partial charge on any atom is 0.0487 e. The van der Waals surface area contributed by atoms with E-state index in [0.29, 0.717) is 0 Å². The number of nitrogens with one attached hydrogen (secondary N) is 1. The SMILES string of the molecule is CCC(CCOCCCOC)CNC(C)(C)C. The predicted molar refractivity (Wildman–Crippen MR) is 73.5 cm³/mol. The minimum atomic E-state index is 0.215. The van der Waals surface area contributed by atoms with Gasteiger partial charge in [0.2, 0.25) is 0 Å². The highest BCUT2D eigenvalue weighted by Crippen LogP contribution is 2.09. The molecule has 0 rings (SSSR count). The van der Waals surface area contributed by atoms with Gasteiger partial charge >= 0.3 is 0 Å².